The molecule has 0 bridgehead atoms. The minimum atomic E-state index is -0.165. The van der Waals surface area contributed by atoms with E-state index in [1.165, 1.54) is 10.1 Å². The van der Waals surface area contributed by atoms with E-state index >= 15 is 0 Å². The zero-order chi connectivity index (χ0) is 17.4. The number of nitrogens with zero attached hydrogens (tertiary/aromatic N) is 3. The maximum absolute atomic E-state index is 12.1. The molecule has 6 heteroatoms. The molecule has 0 unspecified atom stereocenters. The molecule has 3 aromatic rings. The monoisotopic (exact) mass is 350 g/mol. The minimum Gasteiger partial charge on any atom is -0.369 e. The summed E-state index contributed by atoms with van der Waals surface area (Å²) in [5.41, 5.74) is 7.75. The van der Waals surface area contributed by atoms with E-state index in [-0.39, 0.29) is 22.2 Å². The fraction of sp³-hybridized carbons (Fsp3) is 0.211. The van der Waals surface area contributed by atoms with Crippen molar-refractivity contribution in [3.05, 3.63) is 82.4 Å². The number of nitrogens with two attached hydrogens (primary N) is 1. The van der Waals surface area contributed by atoms with Crippen molar-refractivity contribution in [2.45, 2.75) is 22.1 Å². The lowest BCUT2D eigenvalue weighted by molar-refractivity contribution is 0.808. The third kappa shape index (κ3) is 2.82. The van der Waals surface area contributed by atoms with Crippen LogP contribution >= 0.6 is 11.8 Å². The van der Waals surface area contributed by atoms with Gasteiger partial charge in [0.25, 0.3) is 5.56 Å². The second-order valence-electron chi connectivity index (χ2n) is 6.22. The van der Waals surface area contributed by atoms with Gasteiger partial charge in [-0.3, -0.25) is 9.36 Å². The van der Waals surface area contributed by atoms with Crippen LogP contribution in [-0.2, 0) is 11.8 Å². The second-order valence-corrected chi connectivity index (χ2v) is 7.57. The third-order valence-corrected chi connectivity index (χ3v) is 6.15. The molecule has 0 saturated heterocycles. The number of pyridine rings is 1. The molecule has 0 aliphatic heterocycles. The van der Waals surface area contributed by atoms with Crippen molar-refractivity contribution >= 4 is 17.7 Å². The molecule has 1 fully saturated rings. The van der Waals surface area contributed by atoms with Gasteiger partial charge < -0.3 is 5.73 Å². The molecule has 1 aliphatic rings. The molecule has 126 valence electrons. The zero-order valence-electron chi connectivity index (χ0n) is 13.8. The first kappa shape index (κ1) is 15.9. The van der Waals surface area contributed by atoms with E-state index in [0.717, 1.165) is 17.1 Å². The Labute approximate surface area is 149 Å². The molecule has 4 rings (SSSR count). The maximum atomic E-state index is 12.1. The predicted octanol–water partition coefficient (Wildman–Crippen LogP) is 2.93. The van der Waals surface area contributed by atoms with Gasteiger partial charge in [0.05, 0.1) is 15.5 Å². The summed E-state index contributed by atoms with van der Waals surface area (Å²) in [7, 11) is 1.63. The molecule has 0 spiro atoms. The zero-order valence-corrected chi connectivity index (χ0v) is 14.6. The number of nitrogen functional groups attached to an aromatic ring is 1. The topological polar surface area (TPSA) is 73.8 Å². The van der Waals surface area contributed by atoms with Crippen LogP contribution in [0.25, 0.3) is 0 Å². The standard InChI is InChI=1S/C19H18N4OS/c1-23-17(24)11-15(22-18(23)20)14-12-19(14,13-7-3-2-4-8-13)25-16-9-5-6-10-21-16/h2-11,14H,12H2,1H3,(H2,20,22)/t14-,19-/m1/s1. The molecule has 0 amide bonds. The van der Waals surface area contributed by atoms with Gasteiger partial charge in [-0.15, -0.1) is 0 Å². The number of anilines is 1. The van der Waals surface area contributed by atoms with Gasteiger partial charge in [-0.25, -0.2) is 9.97 Å². The first-order valence-electron chi connectivity index (χ1n) is 8.09. The highest BCUT2D eigenvalue weighted by Crippen LogP contribution is 2.68. The summed E-state index contributed by atoms with van der Waals surface area (Å²) in [5, 5.41) is 0.964. The summed E-state index contributed by atoms with van der Waals surface area (Å²) in [4.78, 5) is 21.0. The van der Waals surface area contributed by atoms with Crippen LogP contribution in [0.5, 0.6) is 0 Å². The van der Waals surface area contributed by atoms with Crippen LogP contribution in [-0.4, -0.2) is 14.5 Å². The molecule has 1 aromatic carbocycles. The molecule has 0 radical (unpaired) electrons. The minimum absolute atomic E-state index is 0.126. The summed E-state index contributed by atoms with van der Waals surface area (Å²) >= 11 is 1.73. The molecule has 25 heavy (non-hydrogen) atoms. The van der Waals surface area contributed by atoms with Gasteiger partial charge in [-0.2, -0.15) is 0 Å². The van der Waals surface area contributed by atoms with Crippen molar-refractivity contribution in [1.82, 2.24) is 14.5 Å². The fourth-order valence-electron chi connectivity index (χ4n) is 3.15. The average Bonchev–Trinajstić information content (AvgIpc) is 3.36. The summed E-state index contributed by atoms with van der Waals surface area (Å²) < 4.78 is 1.20. The van der Waals surface area contributed by atoms with Gasteiger partial charge in [0.15, 0.2) is 0 Å². The second kappa shape index (κ2) is 6.04. The number of hydrogen-bond donors (Lipinski definition) is 1. The van der Waals surface area contributed by atoms with Gasteiger partial charge in [0.2, 0.25) is 5.95 Å². The SMILES string of the molecule is Cn1c(N)nc([C@H]2C[C@@]2(Sc2ccccn2)c2ccccc2)cc1=O. The van der Waals surface area contributed by atoms with Crippen LogP contribution in [0.15, 0.2) is 70.6 Å². The molecular weight excluding hydrogens is 332 g/mol. The van der Waals surface area contributed by atoms with Crippen LogP contribution in [0, 0.1) is 0 Å². The van der Waals surface area contributed by atoms with Crippen molar-refractivity contribution in [3.63, 3.8) is 0 Å². The number of thioether (sulfide) groups is 1. The Kier molecular flexibility index (Phi) is 3.84. The molecule has 2 N–H and O–H groups in total. The molecule has 2 aromatic heterocycles. The van der Waals surface area contributed by atoms with E-state index in [4.69, 9.17) is 5.73 Å². The first-order chi connectivity index (χ1) is 12.1. The predicted molar refractivity (Wildman–Crippen MR) is 99.5 cm³/mol. The number of hydrogen-bond acceptors (Lipinski definition) is 5. The molecule has 5 nitrogen and oxygen atoms in total. The number of benzene rings is 1. The lowest BCUT2D eigenvalue weighted by Crippen LogP contribution is -2.22. The highest BCUT2D eigenvalue weighted by Gasteiger charge is 2.58. The summed E-state index contributed by atoms with van der Waals surface area (Å²) in [6, 6.07) is 17.8. The number of rotatable bonds is 4. The van der Waals surface area contributed by atoms with Crippen LogP contribution in [0.3, 0.4) is 0 Å². The Bertz CT molecular complexity index is 958. The summed E-state index contributed by atoms with van der Waals surface area (Å²) in [6.07, 6.45) is 2.70. The molecular formula is C19H18N4OS. The van der Waals surface area contributed by atoms with Gasteiger partial charge in [-0.05, 0) is 24.1 Å². The number of aromatic nitrogens is 3. The van der Waals surface area contributed by atoms with Crippen LogP contribution < -0.4 is 11.3 Å². The largest absolute Gasteiger partial charge is 0.369 e. The van der Waals surface area contributed by atoms with Crippen molar-refractivity contribution in [3.8, 4) is 0 Å². The fourth-order valence-corrected chi connectivity index (χ4v) is 4.55. The highest BCUT2D eigenvalue weighted by molar-refractivity contribution is 8.00. The van der Waals surface area contributed by atoms with Crippen molar-refractivity contribution in [1.29, 1.82) is 0 Å². The molecule has 1 aliphatic carbocycles. The summed E-state index contributed by atoms with van der Waals surface area (Å²) in [5.74, 6) is 0.386. The smallest absolute Gasteiger partial charge is 0.254 e. The van der Waals surface area contributed by atoms with E-state index in [1.807, 2.05) is 36.4 Å². The first-order valence-corrected chi connectivity index (χ1v) is 8.91. The molecule has 2 atom stereocenters. The Morgan fingerprint density at radius 1 is 1.20 bits per heavy atom. The van der Waals surface area contributed by atoms with E-state index in [0.29, 0.717) is 0 Å². The highest BCUT2D eigenvalue weighted by atomic mass is 32.2. The van der Waals surface area contributed by atoms with E-state index in [1.54, 1.807) is 31.1 Å². The van der Waals surface area contributed by atoms with E-state index in [2.05, 4.69) is 22.1 Å². The maximum Gasteiger partial charge on any atom is 0.254 e. The van der Waals surface area contributed by atoms with Crippen LogP contribution in [0.2, 0.25) is 0 Å². The van der Waals surface area contributed by atoms with Gasteiger partial charge >= 0.3 is 0 Å². The van der Waals surface area contributed by atoms with Crippen molar-refractivity contribution in [2.75, 3.05) is 5.73 Å². The third-order valence-electron chi connectivity index (χ3n) is 4.64. The van der Waals surface area contributed by atoms with E-state index < -0.39 is 0 Å². The van der Waals surface area contributed by atoms with Crippen LogP contribution in [0.1, 0.15) is 23.6 Å². The lowest BCUT2D eigenvalue weighted by Gasteiger charge is -2.17. The lowest BCUT2D eigenvalue weighted by atomic mass is 10.1. The Hall–Kier alpha value is -2.60. The Morgan fingerprint density at radius 3 is 2.64 bits per heavy atom. The quantitative estimate of drug-likeness (QED) is 0.783. The average molecular weight is 350 g/mol. The normalized spacial score (nSPS) is 21.9. The Balaban J connectivity index is 1.76. The summed E-state index contributed by atoms with van der Waals surface area (Å²) in [6.45, 7) is 0. The molecule has 1 saturated carbocycles. The van der Waals surface area contributed by atoms with Crippen LogP contribution in [0.4, 0.5) is 5.95 Å². The van der Waals surface area contributed by atoms with Gasteiger partial charge in [-0.1, -0.05) is 48.2 Å². The van der Waals surface area contributed by atoms with E-state index in [9.17, 15) is 4.79 Å². The molecule has 2 heterocycles. The van der Waals surface area contributed by atoms with Gasteiger partial charge in [0, 0.05) is 25.2 Å². The van der Waals surface area contributed by atoms with Gasteiger partial charge in [0.1, 0.15) is 0 Å². The Morgan fingerprint density at radius 2 is 1.96 bits per heavy atom. The van der Waals surface area contributed by atoms with Crippen molar-refractivity contribution in [2.24, 2.45) is 7.05 Å². The van der Waals surface area contributed by atoms with Crippen molar-refractivity contribution < 1.29 is 0 Å².